The van der Waals surface area contributed by atoms with Crippen LogP contribution >= 0.6 is 0 Å². The van der Waals surface area contributed by atoms with Crippen molar-refractivity contribution in [2.45, 2.75) is 40.4 Å². The summed E-state index contributed by atoms with van der Waals surface area (Å²) < 4.78 is 0. The number of para-hydroxylation sites is 1. The number of amides is 2. The summed E-state index contributed by atoms with van der Waals surface area (Å²) in [4.78, 5) is 24.6. The van der Waals surface area contributed by atoms with Crippen molar-refractivity contribution in [3.05, 3.63) is 113 Å². The van der Waals surface area contributed by atoms with Gasteiger partial charge in [-0.1, -0.05) is 42.5 Å². The molecule has 0 atom stereocenters. The number of anilines is 2. The lowest BCUT2D eigenvalue weighted by atomic mass is 9.91. The highest BCUT2D eigenvalue weighted by Crippen LogP contribution is 2.41. The van der Waals surface area contributed by atoms with Crippen LogP contribution in [0.25, 0.3) is 11.1 Å². The number of carbonyl (C=O) groups is 1. The molecule has 1 fully saturated rings. The maximum absolute atomic E-state index is 13.5. The second-order valence-corrected chi connectivity index (χ2v) is 11.1. The molecule has 0 bridgehead atoms. The minimum atomic E-state index is -0.0671. The van der Waals surface area contributed by atoms with E-state index in [9.17, 15) is 4.79 Å². The number of nitrogens with zero attached hydrogens (tertiary/aromatic N) is 4. The second-order valence-electron chi connectivity index (χ2n) is 11.1. The van der Waals surface area contributed by atoms with Crippen LogP contribution in [0.2, 0.25) is 0 Å². The van der Waals surface area contributed by atoms with Crippen LogP contribution in [0.15, 0.2) is 79.1 Å². The molecule has 2 amide bonds. The van der Waals surface area contributed by atoms with Crippen molar-refractivity contribution in [3.8, 4) is 11.1 Å². The third-order valence-corrected chi connectivity index (χ3v) is 8.27. The van der Waals surface area contributed by atoms with Crippen LogP contribution in [-0.2, 0) is 19.6 Å². The Morgan fingerprint density at radius 2 is 1.35 bits per heavy atom. The molecule has 204 valence electrons. The minimum Gasteiger partial charge on any atom is -0.333 e. The van der Waals surface area contributed by atoms with Gasteiger partial charge in [-0.05, 0) is 84.0 Å². The molecule has 0 unspecified atom stereocenters. The van der Waals surface area contributed by atoms with Gasteiger partial charge in [-0.2, -0.15) is 0 Å². The van der Waals surface area contributed by atoms with E-state index in [-0.39, 0.29) is 6.03 Å². The van der Waals surface area contributed by atoms with Gasteiger partial charge in [0, 0.05) is 63.8 Å². The first kappa shape index (κ1) is 26.2. The molecule has 3 aromatic carbocycles. The topological polar surface area (TPSA) is 51.7 Å². The highest BCUT2D eigenvalue weighted by atomic mass is 16.2. The van der Waals surface area contributed by atoms with Gasteiger partial charge in [0.05, 0.1) is 11.4 Å². The minimum absolute atomic E-state index is 0.0671. The molecular formula is C34H37N5O. The largest absolute Gasteiger partial charge is 0.333 e. The Bertz CT molecular complexity index is 1500. The van der Waals surface area contributed by atoms with Crippen LogP contribution in [-0.4, -0.2) is 47.0 Å². The van der Waals surface area contributed by atoms with E-state index in [4.69, 9.17) is 0 Å². The van der Waals surface area contributed by atoms with Crippen LogP contribution < -0.4 is 10.2 Å². The zero-order chi connectivity index (χ0) is 27.6. The average Bonchev–Trinajstić information content (AvgIpc) is 2.95. The average molecular weight is 532 g/mol. The predicted octanol–water partition coefficient (Wildman–Crippen LogP) is 6.35. The smallest absolute Gasteiger partial charge is 0.326 e. The predicted molar refractivity (Wildman–Crippen MR) is 162 cm³/mol. The fourth-order valence-electron chi connectivity index (χ4n) is 6.15. The van der Waals surface area contributed by atoms with E-state index in [0.717, 1.165) is 61.8 Å². The molecule has 2 aliphatic heterocycles. The van der Waals surface area contributed by atoms with Crippen LogP contribution in [0.5, 0.6) is 0 Å². The molecule has 6 rings (SSSR count). The van der Waals surface area contributed by atoms with Crippen LogP contribution in [0.1, 0.15) is 33.4 Å². The Kier molecular flexibility index (Phi) is 7.37. The molecule has 6 heteroatoms. The molecule has 0 radical (unpaired) electrons. The van der Waals surface area contributed by atoms with E-state index in [1.165, 1.54) is 33.4 Å². The maximum atomic E-state index is 13.5. The third kappa shape index (κ3) is 5.25. The first-order valence-electron chi connectivity index (χ1n) is 14.2. The summed E-state index contributed by atoms with van der Waals surface area (Å²) in [7, 11) is 0. The summed E-state index contributed by atoms with van der Waals surface area (Å²) in [5, 5.41) is 3.16. The summed E-state index contributed by atoms with van der Waals surface area (Å²) in [6.07, 6.45) is 3.74. The fraction of sp³-hybridized carbons (Fsp3) is 0.294. The Morgan fingerprint density at radius 3 is 2.02 bits per heavy atom. The lowest BCUT2D eigenvalue weighted by molar-refractivity contribution is 0.122. The van der Waals surface area contributed by atoms with Crippen molar-refractivity contribution < 1.29 is 4.79 Å². The normalized spacial score (nSPS) is 16.1. The van der Waals surface area contributed by atoms with Crippen LogP contribution in [0.4, 0.5) is 16.2 Å². The Morgan fingerprint density at radius 1 is 0.725 bits per heavy atom. The van der Waals surface area contributed by atoms with Crippen molar-refractivity contribution in [2.24, 2.45) is 0 Å². The zero-order valence-corrected chi connectivity index (χ0v) is 23.7. The fourth-order valence-corrected chi connectivity index (χ4v) is 6.15. The molecular weight excluding hydrogens is 494 g/mol. The first-order valence-corrected chi connectivity index (χ1v) is 14.2. The van der Waals surface area contributed by atoms with Crippen molar-refractivity contribution in [3.63, 3.8) is 0 Å². The van der Waals surface area contributed by atoms with E-state index in [2.05, 4.69) is 108 Å². The lowest BCUT2D eigenvalue weighted by Crippen LogP contribution is -2.45. The van der Waals surface area contributed by atoms with Gasteiger partial charge in [-0.25, -0.2) is 4.79 Å². The monoisotopic (exact) mass is 531 g/mol. The van der Waals surface area contributed by atoms with Gasteiger partial charge in [0.25, 0.3) is 0 Å². The molecule has 0 aliphatic carbocycles. The van der Waals surface area contributed by atoms with E-state index in [1.54, 1.807) is 0 Å². The number of carbonyl (C=O) groups excluding carboxylic acids is 1. The molecule has 1 saturated heterocycles. The Balaban J connectivity index is 1.34. The number of benzene rings is 3. The molecule has 3 heterocycles. The lowest BCUT2D eigenvalue weighted by Gasteiger charge is -2.36. The molecule has 0 saturated carbocycles. The van der Waals surface area contributed by atoms with E-state index < -0.39 is 0 Å². The van der Waals surface area contributed by atoms with Crippen molar-refractivity contribution in [2.75, 3.05) is 31.1 Å². The SMILES string of the molecule is Cc1ccccc1-c1cc(CN2CCN(Cc3ccncc3)CC2)cc2c1CNC(=O)N2c1c(C)cccc1C. The summed E-state index contributed by atoms with van der Waals surface area (Å²) >= 11 is 0. The molecule has 1 aromatic heterocycles. The number of fused-ring (bicyclic) bond motifs is 1. The standard InChI is InChI=1S/C34H37N5O/c1-24-7-4-5-10-29(24)30-19-28(23-38-17-15-37(16-18-38)22-27-11-13-35-14-12-27)20-32-31(30)21-36-34(40)39(32)33-25(2)8-6-9-26(33)3/h4-14,19-20H,15-18,21-23H2,1-3H3,(H,36,40). The molecule has 40 heavy (non-hydrogen) atoms. The molecule has 4 aromatic rings. The molecule has 1 N–H and O–H groups in total. The second kappa shape index (κ2) is 11.2. The molecule has 6 nitrogen and oxygen atoms in total. The Hall–Kier alpha value is -4.00. The quantitative estimate of drug-likeness (QED) is 0.315. The number of hydrogen-bond donors (Lipinski definition) is 1. The number of aromatic nitrogens is 1. The van der Waals surface area contributed by atoms with E-state index >= 15 is 0 Å². The van der Waals surface area contributed by atoms with Gasteiger partial charge in [0.15, 0.2) is 0 Å². The van der Waals surface area contributed by atoms with Gasteiger partial charge >= 0.3 is 6.03 Å². The number of rotatable bonds is 6. The number of pyridine rings is 1. The number of aryl methyl sites for hydroxylation is 3. The number of nitrogens with one attached hydrogen (secondary N) is 1. The van der Waals surface area contributed by atoms with Gasteiger partial charge in [-0.15, -0.1) is 0 Å². The van der Waals surface area contributed by atoms with Crippen molar-refractivity contribution in [1.29, 1.82) is 0 Å². The maximum Gasteiger partial charge on any atom is 0.326 e. The number of urea groups is 1. The van der Waals surface area contributed by atoms with Gasteiger partial charge in [0.1, 0.15) is 0 Å². The summed E-state index contributed by atoms with van der Waals surface area (Å²) in [5.74, 6) is 0. The third-order valence-electron chi connectivity index (χ3n) is 8.27. The van der Waals surface area contributed by atoms with Crippen LogP contribution in [0, 0.1) is 20.8 Å². The highest BCUT2D eigenvalue weighted by Gasteiger charge is 2.30. The van der Waals surface area contributed by atoms with Gasteiger partial charge in [0.2, 0.25) is 0 Å². The van der Waals surface area contributed by atoms with Crippen molar-refractivity contribution >= 4 is 17.4 Å². The van der Waals surface area contributed by atoms with Crippen molar-refractivity contribution in [1.82, 2.24) is 20.1 Å². The summed E-state index contributed by atoms with van der Waals surface area (Å²) in [5.41, 5.74) is 11.5. The van der Waals surface area contributed by atoms with Gasteiger partial charge in [-0.3, -0.25) is 19.7 Å². The summed E-state index contributed by atoms with van der Waals surface area (Å²) in [6.45, 7) is 12.8. The summed E-state index contributed by atoms with van der Waals surface area (Å²) in [6, 6.07) is 23.5. The van der Waals surface area contributed by atoms with Crippen LogP contribution in [0.3, 0.4) is 0 Å². The number of hydrogen-bond acceptors (Lipinski definition) is 4. The Labute approximate surface area is 237 Å². The highest BCUT2D eigenvalue weighted by molar-refractivity contribution is 6.04. The van der Waals surface area contributed by atoms with Gasteiger partial charge < -0.3 is 5.32 Å². The van der Waals surface area contributed by atoms with E-state index in [1.807, 2.05) is 17.3 Å². The van der Waals surface area contributed by atoms with E-state index in [0.29, 0.717) is 6.54 Å². The molecule has 2 aliphatic rings. The molecule has 0 spiro atoms. The first-order chi connectivity index (χ1) is 19.5. The number of piperazine rings is 1. The zero-order valence-electron chi connectivity index (χ0n) is 23.7.